The number of rotatable bonds is 5. The standard InChI is InChI=1S/C14H20N2O4/c1-8(2)14(4,7-11(17)18)16-13(20)10-6-5-9(3)15-12(10)19/h5-6,8H,7H2,1-4H3,(H,15,19)(H,16,20)(H,17,18). The lowest BCUT2D eigenvalue weighted by Gasteiger charge is -2.33. The van der Waals surface area contributed by atoms with Crippen molar-refractivity contribution in [3.63, 3.8) is 0 Å². The lowest BCUT2D eigenvalue weighted by molar-refractivity contribution is -0.138. The third-order valence-corrected chi connectivity index (χ3v) is 3.49. The molecule has 20 heavy (non-hydrogen) atoms. The van der Waals surface area contributed by atoms with Gasteiger partial charge in [0.25, 0.3) is 11.5 Å². The largest absolute Gasteiger partial charge is 0.481 e. The van der Waals surface area contributed by atoms with Crippen LogP contribution >= 0.6 is 0 Å². The first-order valence-corrected chi connectivity index (χ1v) is 6.40. The summed E-state index contributed by atoms with van der Waals surface area (Å²) >= 11 is 0. The Hall–Kier alpha value is -2.11. The molecule has 0 aliphatic heterocycles. The summed E-state index contributed by atoms with van der Waals surface area (Å²) in [6, 6.07) is 3.06. The Labute approximate surface area is 117 Å². The molecule has 1 aromatic rings. The van der Waals surface area contributed by atoms with Gasteiger partial charge in [-0.3, -0.25) is 14.4 Å². The highest BCUT2D eigenvalue weighted by Crippen LogP contribution is 2.21. The predicted molar refractivity (Wildman–Crippen MR) is 74.8 cm³/mol. The Bertz CT molecular complexity index is 577. The normalized spacial score (nSPS) is 13.8. The summed E-state index contributed by atoms with van der Waals surface area (Å²) in [4.78, 5) is 37.4. The van der Waals surface area contributed by atoms with Crippen molar-refractivity contribution in [1.82, 2.24) is 10.3 Å². The second kappa shape index (κ2) is 5.90. The van der Waals surface area contributed by atoms with Crippen molar-refractivity contribution >= 4 is 11.9 Å². The number of aromatic amines is 1. The van der Waals surface area contributed by atoms with Gasteiger partial charge in [0, 0.05) is 5.69 Å². The van der Waals surface area contributed by atoms with Gasteiger partial charge in [0.1, 0.15) is 5.56 Å². The molecule has 1 rings (SSSR count). The fourth-order valence-electron chi connectivity index (χ4n) is 1.78. The molecular weight excluding hydrogens is 260 g/mol. The maximum atomic E-state index is 12.2. The molecular formula is C14H20N2O4. The van der Waals surface area contributed by atoms with Crippen molar-refractivity contribution in [2.45, 2.75) is 39.7 Å². The van der Waals surface area contributed by atoms with E-state index in [9.17, 15) is 14.4 Å². The van der Waals surface area contributed by atoms with E-state index in [4.69, 9.17) is 5.11 Å². The van der Waals surface area contributed by atoms with Crippen LogP contribution in [0.5, 0.6) is 0 Å². The number of carbonyl (C=O) groups is 2. The van der Waals surface area contributed by atoms with Gasteiger partial charge >= 0.3 is 5.97 Å². The van der Waals surface area contributed by atoms with Gasteiger partial charge < -0.3 is 15.4 Å². The fraction of sp³-hybridized carbons (Fsp3) is 0.500. The number of nitrogens with one attached hydrogen (secondary N) is 2. The zero-order valence-corrected chi connectivity index (χ0v) is 12.1. The number of hydrogen-bond acceptors (Lipinski definition) is 3. The topological polar surface area (TPSA) is 99.3 Å². The van der Waals surface area contributed by atoms with E-state index < -0.39 is 23.0 Å². The van der Waals surface area contributed by atoms with Crippen molar-refractivity contribution in [3.05, 3.63) is 33.7 Å². The van der Waals surface area contributed by atoms with Crippen LogP contribution in [-0.2, 0) is 4.79 Å². The van der Waals surface area contributed by atoms with E-state index >= 15 is 0 Å². The molecule has 0 aromatic carbocycles. The van der Waals surface area contributed by atoms with Crippen LogP contribution in [0.2, 0.25) is 0 Å². The zero-order valence-electron chi connectivity index (χ0n) is 12.1. The Kier molecular flexibility index (Phi) is 4.70. The van der Waals surface area contributed by atoms with E-state index in [0.29, 0.717) is 5.69 Å². The molecule has 1 heterocycles. The average Bonchev–Trinajstić information content (AvgIpc) is 2.26. The molecule has 0 aliphatic rings. The minimum atomic E-state index is -1.00. The minimum Gasteiger partial charge on any atom is -0.481 e. The molecule has 1 aromatic heterocycles. The molecule has 1 amide bonds. The van der Waals surface area contributed by atoms with Crippen LogP contribution in [0.4, 0.5) is 0 Å². The number of aryl methyl sites for hydroxylation is 1. The highest BCUT2D eigenvalue weighted by atomic mass is 16.4. The second-order valence-corrected chi connectivity index (χ2v) is 5.48. The molecule has 0 aliphatic carbocycles. The van der Waals surface area contributed by atoms with Crippen LogP contribution in [0.3, 0.4) is 0 Å². The average molecular weight is 280 g/mol. The summed E-state index contributed by atoms with van der Waals surface area (Å²) in [5.41, 5.74) is -0.763. The summed E-state index contributed by atoms with van der Waals surface area (Å²) in [6.45, 7) is 7.02. The molecule has 0 spiro atoms. The van der Waals surface area contributed by atoms with Crippen molar-refractivity contribution in [1.29, 1.82) is 0 Å². The Morgan fingerprint density at radius 2 is 2.00 bits per heavy atom. The van der Waals surface area contributed by atoms with E-state index in [1.54, 1.807) is 19.9 Å². The first-order chi connectivity index (χ1) is 9.15. The molecule has 0 saturated heterocycles. The van der Waals surface area contributed by atoms with E-state index in [1.807, 2.05) is 13.8 Å². The van der Waals surface area contributed by atoms with Gasteiger partial charge in [-0.2, -0.15) is 0 Å². The highest BCUT2D eigenvalue weighted by Gasteiger charge is 2.33. The summed E-state index contributed by atoms with van der Waals surface area (Å²) in [6.07, 6.45) is -0.208. The van der Waals surface area contributed by atoms with Crippen molar-refractivity contribution in [3.8, 4) is 0 Å². The molecule has 0 radical (unpaired) electrons. The molecule has 6 nitrogen and oxygen atoms in total. The number of amides is 1. The first-order valence-electron chi connectivity index (χ1n) is 6.40. The van der Waals surface area contributed by atoms with Crippen molar-refractivity contribution in [2.75, 3.05) is 0 Å². The maximum absolute atomic E-state index is 12.2. The minimum absolute atomic E-state index is 0.0205. The number of hydrogen-bond donors (Lipinski definition) is 3. The first kappa shape index (κ1) is 15.9. The van der Waals surface area contributed by atoms with E-state index in [2.05, 4.69) is 10.3 Å². The summed E-state index contributed by atoms with van der Waals surface area (Å²) in [7, 11) is 0. The quantitative estimate of drug-likeness (QED) is 0.757. The van der Waals surface area contributed by atoms with Crippen LogP contribution in [0.1, 0.15) is 43.2 Å². The number of H-pyrrole nitrogens is 1. The lowest BCUT2D eigenvalue weighted by atomic mass is 9.85. The highest BCUT2D eigenvalue weighted by molar-refractivity contribution is 5.94. The third-order valence-electron chi connectivity index (χ3n) is 3.49. The Balaban J connectivity index is 3.02. The number of aliphatic carboxylic acids is 1. The van der Waals surface area contributed by atoms with Gasteiger partial charge in [-0.15, -0.1) is 0 Å². The molecule has 110 valence electrons. The second-order valence-electron chi connectivity index (χ2n) is 5.48. The zero-order chi connectivity index (χ0) is 15.5. The Morgan fingerprint density at radius 3 is 2.45 bits per heavy atom. The van der Waals surface area contributed by atoms with E-state index in [0.717, 1.165) is 0 Å². The maximum Gasteiger partial charge on any atom is 0.305 e. The lowest BCUT2D eigenvalue weighted by Crippen LogP contribution is -2.52. The number of carboxylic acids is 1. The summed E-state index contributed by atoms with van der Waals surface area (Å²) < 4.78 is 0. The molecule has 3 N–H and O–H groups in total. The van der Waals surface area contributed by atoms with Gasteiger partial charge in [-0.05, 0) is 31.9 Å². The van der Waals surface area contributed by atoms with Crippen LogP contribution < -0.4 is 10.9 Å². The van der Waals surface area contributed by atoms with Gasteiger partial charge in [0.15, 0.2) is 0 Å². The monoisotopic (exact) mass is 280 g/mol. The van der Waals surface area contributed by atoms with Crippen LogP contribution in [-0.4, -0.2) is 27.5 Å². The number of carboxylic acid groups (broad SMARTS) is 1. The molecule has 6 heteroatoms. The molecule has 1 unspecified atom stereocenters. The third kappa shape index (κ3) is 3.69. The van der Waals surface area contributed by atoms with Crippen molar-refractivity contribution < 1.29 is 14.7 Å². The summed E-state index contributed by atoms with van der Waals surface area (Å²) in [5.74, 6) is -1.66. The van der Waals surface area contributed by atoms with Crippen molar-refractivity contribution in [2.24, 2.45) is 5.92 Å². The molecule has 0 bridgehead atoms. The van der Waals surface area contributed by atoms with Gasteiger partial charge in [0.05, 0.1) is 12.0 Å². The Morgan fingerprint density at radius 1 is 1.40 bits per heavy atom. The van der Waals surface area contributed by atoms with Crippen LogP contribution in [0.15, 0.2) is 16.9 Å². The SMILES string of the molecule is Cc1ccc(C(=O)NC(C)(CC(=O)O)C(C)C)c(=O)[nH]1. The number of pyridine rings is 1. The number of aromatic nitrogens is 1. The van der Waals surface area contributed by atoms with E-state index in [1.165, 1.54) is 6.07 Å². The van der Waals surface area contributed by atoms with Gasteiger partial charge in [0.2, 0.25) is 0 Å². The number of carbonyl (C=O) groups excluding carboxylic acids is 1. The smallest absolute Gasteiger partial charge is 0.305 e. The van der Waals surface area contributed by atoms with E-state index in [-0.39, 0.29) is 17.9 Å². The molecule has 0 saturated carbocycles. The molecule has 0 fully saturated rings. The van der Waals surface area contributed by atoms with Crippen LogP contribution in [0, 0.1) is 12.8 Å². The fourth-order valence-corrected chi connectivity index (χ4v) is 1.78. The van der Waals surface area contributed by atoms with Gasteiger partial charge in [-0.1, -0.05) is 13.8 Å². The summed E-state index contributed by atoms with van der Waals surface area (Å²) in [5, 5.41) is 11.6. The predicted octanol–water partition coefficient (Wildman–Crippen LogP) is 1.30. The molecule has 1 atom stereocenters. The van der Waals surface area contributed by atoms with Gasteiger partial charge in [-0.25, -0.2) is 0 Å². The van der Waals surface area contributed by atoms with Crippen LogP contribution in [0.25, 0.3) is 0 Å².